The molecule has 1 aliphatic heterocycles. The van der Waals surface area contributed by atoms with Crippen LogP contribution < -0.4 is 15.4 Å². The maximum Gasteiger partial charge on any atom is 0.229 e. The number of ether oxygens (including phenoxy) is 1. The van der Waals surface area contributed by atoms with Gasteiger partial charge in [0.2, 0.25) is 5.91 Å². The Balaban J connectivity index is 1.39. The second kappa shape index (κ2) is 9.20. The minimum absolute atomic E-state index is 0.0162. The van der Waals surface area contributed by atoms with Crippen molar-refractivity contribution in [3.05, 3.63) is 70.2 Å². The molecule has 3 aromatic rings. The van der Waals surface area contributed by atoms with E-state index >= 15 is 0 Å². The number of aryl methyl sites for hydroxylation is 1. The third kappa shape index (κ3) is 5.43. The molecule has 1 aliphatic rings. The lowest BCUT2D eigenvalue weighted by atomic mass is 9.94. The van der Waals surface area contributed by atoms with Gasteiger partial charge in [-0.25, -0.2) is 0 Å². The van der Waals surface area contributed by atoms with Gasteiger partial charge in [0.15, 0.2) is 0 Å². The molecule has 3 heterocycles. The number of piperidine rings is 1. The molecule has 1 fully saturated rings. The molecule has 0 spiro atoms. The summed E-state index contributed by atoms with van der Waals surface area (Å²) in [5, 5.41) is 8.30. The van der Waals surface area contributed by atoms with Crippen molar-refractivity contribution in [3.63, 3.8) is 0 Å². The Morgan fingerprint density at radius 2 is 1.97 bits per heavy atom. The molecule has 5 nitrogen and oxygen atoms in total. The van der Waals surface area contributed by atoms with Gasteiger partial charge in [-0.3, -0.25) is 9.78 Å². The maximum absolute atomic E-state index is 12.1. The number of amides is 1. The molecule has 2 aromatic heterocycles. The molecule has 1 aromatic carbocycles. The predicted octanol–water partition coefficient (Wildman–Crippen LogP) is 4.89. The molecule has 0 aliphatic carbocycles. The molecule has 29 heavy (non-hydrogen) atoms. The summed E-state index contributed by atoms with van der Waals surface area (Å²) in [6, 6.07) is 15.4. The number of carbonyl (C=O) groups is 1. The van der Waals surface area contributed by atoms with E-state index in [1.807, 2.05) is 54.8 Å². The van der Waals surface area contributed by atoms with Crippen LogP contribution in [0.4, 0.5) is 5.69 Å². The molecule has 150 valence electrons. The highest BCUT2D eigenvalue weighted by Crippen LogP contribution is 2.29. The quantitative estimate of drug-likeness (QED) is 0.611. The van der Waals surface area contributed by atoms with Crippen LogP contribution in [0.5, 0.6) is 11.5 Å². The summed E-state index contributed by atoms with van der Waals surface area (Å²) >= 11 is 1.59. The molecule has 0 unspecified atom stereocenters. The summed E-state index contributed by atoms with van der Waals surface area (Å²) in [5.74, 6) is 2.01. The fourth-order valence-corrected chi connectivity index (χ4v) is 4.27. The van der Waals surface area contributed by atoms with Crippen molar-refractivity contribution >= 4 is 22.9 Å². The first-order valence-electron chi connectivity index (χ1n) is 9.95. The van der Waals surface area contributed by atoms with Gasteiger partial charge in [0.25, 0.3) is 0 Å². The lowest BCUT2D eigenvalue weighted by Crippen LogP contribution is -2.27. The van der Waals surface area contributed by atoms with Crippen LogP contribution in [0.25, 0.3) is 0 Å². The number of aromatic nitrogens is 1. The van der Waals surface area contributed by atoms with Crippen LogP contribution in [-0.4, -0.2) is 24.0 Å². The van der Waals surface area contributed by atoms with Gasteiger partial charge in [0, 0.05) is 40.0 Å². The highest BCUT2D eigenvalue weighted by Gasteiger charge is 2.17. The van der Waals surface area contributed by atoms with Crippen LogP contribution in [0.2, 0.25) is 0 Å². The van der Waals surface area contributed by atoms with Gasteiger partial charge in [-0.2, -0.15) is 0 Å². The number of carbonyl (C=O) groups excluding carboxylic acids is 1. The van der Waals surface area contributed by atoms with Crippen LogP contribution in [0.3, 0.4) is 0 Å². The summed E-state index contributed by atoms with van der Waals surface area (Å²) in [4.78, 5) is 17.9. The second-order valence-electron chi connectivity index (χ2n) is 7.32. The van der Waals surface area contributed by atoms with E-state index in [0.29, 0.717) is 12.3 Å². The van der Waals surface area contributed by atoms with Crippen LogP contribution >= 0.6 is 11.3 Å². The van der Waals surface area contributed by atoms with Crippen molar-refractivity contribution in [1.29, 1.82) is 0 Å². The molecule has 1 saturated heterocycles. The number of rotatable bonds is 6. The summed E-state index contributed by atoms with van der Waals surface area (Å²) in [6.07, 6.45) is 2.61. The van der Waals surface area contributed by atoms with Gasteiger partial charge < -0.3 is 15.4 Å². The van der Waals surface area contributed by atoms with Gasteiger partial charge in [0.05, 0.1) is 6.42 Å². The standard InChI is InChI=1S/C23H25N3O2S/c1-16-13-20(14-22(25-16)17-8-10-24-11-9-17)28-19-6-4-18(5-7-19)26-23(27)15-21-3-2-12-29-21/h2-7,12-14,17,24H,8-11,15H2,1H3,(H,26,27). The monoisotopic (exact) mass is 407 g/mol. The smallest absolute Gasteiger partial charge is 0.229 e. The van der Waals surface area contributed by atoms with Crippen molar-refractivity contribution in [2.75, 3.05) is 18.4 Å². The fourth-order valence-electron chi connectivity index (χ4n) is 3.57. The lowest BCUT2D eigenvalue weighted by Gasteiger charge is -2.22. The van der Waals surface area contributed by atoms with Crippen LogP contribution in [0.15, 0.2) is 53.9 Å². The van der Waals surface area contributed by atoms with Crippen LogP contribution in [0, 0.1) is 6.92 Å². The zero-order valence-electron chi connectivity index (χ0n) is 16.5. The maximum atomic E-state index is 12.1. The van der Waals surface area contributed by atoms with E-state index in [9.17, 15) is 4.79 Å². The van der Waals surface area contributed by atoms with Gasteiger partial charge in [-0.1, -0.05) is 6.07 Å². The molecule has 0 atom stereocenters. The Morgan fingerprint density at radius 1 is 1.17 bits per heavy atom. The fraction of sp³-hybridized carbons (Fsp3) is 0.304. The van der Waals surface area contributed by atoms with Gasteiger partial charge >= 0.3 is 0 Å². The average Bonchev–Trinajstić information content (AvgIpc) is 3.22. The minimum atomic E-state index is -0.0162. The number of anilines is 1. The summed E-state index contributed by atoms with van der Waals surface area (Å²) in [5.41, 5.74) is 2.84. The second-order valence-corrected chi connectivity index (χ2v) is 8.36. The lowest BCUT2D eigenvalue weighted by molar-refractivity contribution is -0.115. The summed E-state index contributed by atoms with van der Waals surface area (Å²) < 4.78 is 6.07. The van der Waals surface area contributed by atoms with E-state index in [1.165, 1.54) is 0 Å². The molecule has 4 rings (SSSR count). The zero-order chi connectivity index (χ0) is 20.1. The molecule has 0 bridgehead atoms. The zero-order valence-corrected chi connectivity index (χ0v) is 17.3. The number of thiophene rings is 1. The van der Waals surface area contributed by atoms with Crippen molar-refractivity contribution in [2.45, 2.75) is 32.1 Å². The molecule has 0 saturated carbocycles. The first-order valence-corrected chi connectivity index (χ1v) is 10.8. The first kappa shape index (κ1) is 19.6. The number of pyridine rings is 1. The van der Waals surface area contributed by atoms with E-state index in [2.05, 4.69) is 16.7 Å². The number of hydrogen-bond acceptors (Lipinski definition) is 5. The first-order chi connectivity index (χ1) is 14.2. The summed E-state index contributed by atoms with van der Waals surface area (Å²) in [6.45, 7) is 4.08. The Hall–Kier alpha value is -2.70. The number of hydrogen-bond donors (Lipinski definition) is 2. The van der Waals surface area contributed by atoms with E-state index in [0.717, 1.165) is 59.4 Å². The molecular formula is C23H25N3O2S. The van der Waals surface area contributed by atoms with Crippen molar-refractivity contribution < 1.29 is 9.53 Å². The van der Waals surface area contributed by atoms with E-state index in [1.54, 1.807) is 11.3 Å². The minimum Gasteiger partial charge on any atom is -0.457 e. The van der Waals surface area contributed by atoms with Crippen molar-refractivity contribution in [3.8, 4) is 11.5 Å². The molecule has 6 heteroatoms. The van der Waals surface area contributed by atoms with Gasteiger partial charge in [-0.05, 0) is 68.6 Å². The van der Waals surface area contributed by atoms with E-state index < -0.39 is 0 Å². The van der Waals surface area contributed by atoms with E-state index in [-0.39, 0.29) is 5.91 Å². The number of benzene rings is 1. The topological polar surface area (TPSA) is 63.2 Å². The van der Waals surface area contributed by atoms with E-state index in [4.69, 9.17) is 9.72 Å². The van der Waals surface area contributed by atoms with Gasteiger partial charge in [0.1, 0.15) is 11.5 Å². The van der Waals surface area contributed by atoms with Crippen molar-refractivity contribution in [1.82, 2.24) is 10.3 Å². The van der Waals surface area contributed by atoms with Crippen LogP contribution in [0.1, 0.15) is 35.0 Å². The number of nitrogens with zero attached hydrogens (tertiary/aromatic N) is 1. The highest BCUT2D eigenvalue weighted by atomic mass is 32.1. The third-order valence-corrected chi connectivity index (χ3v) is 5.87. The van der Waals surface area contributed by atoms with Crippen molar-refractivity contribution in [2.24, 2.45) is 0 Å². The summed E-state index contributed by atoms with van der Waals surface area (Å²) in [7, 11) is 0. The predicted molar refractivity (Wildman–Crippen MR) is 117 cm³/mol. The Labute approximate surface area is 175 Å². The van der Waals surface area contributed by atoms with Gasteiger partial charge in [-0.15, -0.1) is 11.3 Å². The average molecular weight is 408 g/mol. The Kier molecular flexibility index (Phi) is 6.22. The Morgan fingerprint density at radius 3 is 2.69 bits per heavy atom. The normalized spacial score (nSPS) is 14.5. The number of nitrogens with one attached hydrogen (secondary N) is 2. The third-order valence-electron chi connectivity index (χ3n) is 4.99. The molecule has 1 amide bonds. The SMILES string of the molecule is Cc1cc(Oc2ccc(NC(=O)Cc3cccs3)cc2)cc(C2CCNCC2)n1. The Bertz CT molecular complexity index is 949. The molecular weight excluding hydrogens is 382 g/mol. The highest BCUT2D eigenvalue weighted by molar-refractivity contribution is 7.10. The largest absolute Gasteiger partial charge is 0.457 e. The van der Waals surface area contributed by atoms with Crippen LogP contribution in [-0.2, 0) is 11.2 Å². The molecule has 0 radical (unpaired) electrons. The molecule has 2 N–H and O–H groups in total.